The predicted octanol–water partition coefficient (Wildman–Crippen LogP) is 5.26. The van der Waals surface area contributed by atoms with Gasteiger partial charge in [-0.15, -0.1) is 0 Å². The van der Waals surface area contributed by atoms with Gasteiger partial charge in [0.25, 0.3) is 0 Å². The van der Waals surface area contributed by atoms with Gasteiger partial charge < -0.3 is 21.3 Å². The predicted molar refractivity (Wildman–Crippen MR) is 143 cm³/mol. The maximum atomic E-state index is 12.8. The second-order valence-electron chi connectivity index (χ2n) is 9.98. The molecule has 0 saturated heterocycles. The zero-order chi connectivity index (χ0) is 26.2. The lowest BCUT2D eigenvalue weighted by atomic mass is 9.81. The minimum atomic E-state index is -0.169. The number of hydrogen-bond donors (Lipinski definition) is 4. The van der Waals surface area contributed by atoms with Crippen molar-refractivity contribution in [2.45, 2.75) is 53.4 Å². The number of carbonyl (C=O) groups excluding carboxylic acids is 4. The third kappa shape index (κ3) is 7.66. The largest absolute Gasteiger partial charge is 0.326 e. The summed E-state index contributed by atoms with van der Waals surface area (Å²) < 4.78 is 0. The molecule has 1 aliphatic carbocycles. The molecule has 36 heavy (non-hydrogen) atoms. The van der Waals surface area contributed by atoms with Crippen molar-refractivity contribution >= 4 is 46.4 Å². The van der Waals surface area contributed by atoms with Crippen LogP contribution in [-0.4, -0.2) is 23.6 Å². The highest BCUT2D eigenvalue weighted by molar-refractivity contribution is 5.97. The molecule has 0 bridgehead atoms. The Bertz CT molecular complexity index is 1020. The summed E-state index contributed by atoms with van der Waals surface area (Å²) in [6.45, 7) is 7.29. The topological polar surface area (TPSA) is 116 Å². The number of rotatable bonds is 8. The highest BCUT2D eigenvalue weighted by Gasteiger charge is 2.30. The highest BCUT2D eigenvalue weighted by Crippen LogP contribution is 2.31. The average molecular weight is 493 g/mol. The molecule has 4 N–H and O–H groups in total. The number of nitrogens with one attached hydrogen (secondary N) is 4. The molecule has 2 aromatic carbocycles. The number of anilines is 4. The first-order valence-electron chi connectivity index (χ1n) is 12.6. The van der Waals surface area contributed by atoms with Crippen LogP contribution in [0.3, 0.4) is 0 Å². The van der Waals surface area contributed by atoms with Gasteiger partial charge in [0.1, 0.15) is 0 Å². The van der Waals surface area contributed by atoms with Crippen LogP contribution < -0.4 is 21.3 Å². The second kappa shape index (κ2) is 12.3. The quantitative estimate of drug-likeness (QED) is 0.402. The molecule has 1 fully saturated rings. The lowest BCUT2D eigenvalue weighted by molar-refractivity contribution is -0.125. The molecule has 4 amide bonds. The zero-order valence-corrected chi connectivity index (χ0v) is 21.4. The van der Waals surface area contributed by atoms with Crippen LogP contribution in [0.15, 0.2) is 48.5 Å². The summed E-state index contributed by atoms with van der Waals surface area (Å²) in [5.41, 5.74) is 2.54. The fourth-order valence-electron chi connectivity index (χ4n) is 4.03. The molecule has 0 atom stereocenters. The Balaban J connectivity index is 1.49. The molecule has 3 rings (SSSR count). The molecule has 192 valence electrons. The zero-order valence-electron chi connectivity index (χ0n) is 21.4. The fourth-order valence-corrected chi connectivity index (χ4v) is 4.03. The van der Waals surface area contributed by atoms with E-state index in [4.69, 9.17) is 0 Å². The molecule has 8 nitrogen and oxygen atoms in total. The molecule has 2 aromatic rings. The van der Waals surface area contributed by atoms with Gasteiger partial charge in [-0.1, -0.05) is 39.8 Å². The normalized spacial score (nSPS) is 17.4. The van der Waals surface area contributed by atoms with E-state index in [2.05, 4.69) is 21.3 Å². The SMILES string of the molecule is CC(C)C(=O)Nc1cccc(NC(=O)C2CCC(C(=O)Nc3cccc(NC(=O)C(C)C)c3)CC2)c1. The van der Waals surface area contributed by atoms with Crippen molar-refractivity contribution < 1.29 is 19.2 Å². The van der Waals surface area contributed by atoms with Crippen LogP contribution in [0.5, 0.6) is 0 Å². The van der Waals surface area contributed by atoms with Gasteiger partial charge in [0.05, 0.1) is 0 Å². The summed E-state index contributed by atoms with van der Waals surface area (Å²) in [6.07, 6.45) is 2.49. The summed E-state index contributed by atoms with van der Waals surface area (Å²) in [5.74, 6) is -0.917. The first kappa shape index (κ1) is 26.9. The van der Waals surface area contributed by atoms with Crippen molar-refractivity contribution in [3.8, 4) is 0 Å². The van der Waals surface area contributed by atoms with Gasteiger partial charge >= 0.3 is 0 Å². The van der Waals surface area contributed by atoms with Gasteiger partial charge in [-0.25, -0.2) is 0 Å². The monoisotopic (exact) mass is 492 g/mol. The second-order valence-corrected chi connectivity index (χ2v) is 9.98. The first-order chi connectivity index (χ1) is 17.1. The number of carbonyl (C=O) groups is 4. The van der Waals surface area contributed by atoms with Gasteiger partial charge in [0.2, 0.25) is 23.6 Å². The minimum absolute atomic E-state index is 0.0743. The van der Waals surface area contributed by atoms with Gasteiger partial charge in [0.15, 0.2) is 0 Å². The summed E-state index contributed by atoms with van der Waals surface area (Å²) in [7, 11) is 0. The maximum Gasteiger partial charge on any atom is 0.227 e. The molecule has 0 aromatic heterocycles. The average Bonchev–Trinajstić information content (AvgIpc) is 2.84. The minimum Gasteiger partial charge on any atom is -0.326 e. The fraction of sp³-hybridized carbons (Fsp3) is 0.429. The Morgan fingerprint density at radius 2 is 0.889 bits per heavy atom. The van der Waals surface area contributed by atoms with Crippen molar-refractivity contribution in [1.82, 2.24) is 0 Å². The molecule has 0 radical (unpaired) electrons. The molecule has 0 aliphatic heterocycles. The Hall–Kier alpha value is -3.68. The highest BCUT2D eigenvalue weighted by atomic mass is 16.2. The van der Waals surface area contributed by atoms with E-state index < -0.39 is 0 Å². The molecule has 1 aliphatic rings. The van der Waals surface area contributed by atoms with E-state index in [1.54, 1.807) is 48.5 Å². The van der Waals surface area contributed by atoms with Crippen LogP contribution in [0.1, 0.15) is 53.4 Å². The molecule has 8 heteroatoms. The Kier molecular flexibility index (Phi) is 9.22. The van der Waals surface area contributed by atoms with Crippen LogP contribution >= 0.6 is 0 Å². The van der Waals surface area contributed by atoms with E-state index in [9.17, 15) is 19.2 Å². The molecular formula is C28H36N4O4. The van der Waals surface area contributed by atoms with Crippen LogP contribution in [0.4, 0.5) is 22.7 Å². The van der Waals surface area contributed by atoms with E-state index >= 15 is 0 Å². The molecular weight excluding hydrogens is 456 g/mol. The van der Waals surface area contributed by atoms with Crippen LogP contribution in [0.2, 0.25) is 0 Å². The number of benzene rings is 2. The summed E-state index contributed by atoms with van der Waals surface area (Å²) in [4.78, 5) is 49.5. The van der Waals surface area contributed by atoms with Gasteiger partial charge in [-0.2, -0.15) is 0 Å². The summed E-state index contributed by atoms with van der Waals surface area (Å²) in [5, 5.41) is 11.6. The summed E-state index contributed by atoms with van der Waals surface area (Å²) in [6, 6.07) is 14.2. The van der Waals surface area contributed by atoms with Crippen molar-refractivity contribution in [2.24, 2.45) is 23.7 Å². The molecule has 0 spiro atoms. The molecule has 1 saturated carbocycles. The standard InChI is InChI=1S/C28H36N4O4/c1-17(2)25(33)29-21-7-5-9-23(15-21)31-27(35)19-11-13-20(14-12-19)28(36)32-24-10-6-8-22(16-24)30-26(34)18(3)4/h5-10,15-20H,11-14H2,1-4H3,(H,29,33)(H,30,34)(H,31,35)(H,32,36). The Morgan fingerprint density at radius 1 is 0.583 bits per heavy atom. The third-order valence-electron chi connectivity index (χ3n) is 6.31. The Morgan fingerprint density at radius 3 is 1.19 bits per heavy atom. The van der Waals surface area contributed by atoms with Crippen LogP contribution in [0.25, 0.3) is 0 Å². The van der Waals surface area contributed by atoms with Crippen molar-refractivity contribution in [3.63, 3.8) is 0 Å². The Labute approximate surface area is 212 Å². The van der Waals surface area contributed by atoms with Crippen molar-refractivity contribution in [1.29, 1.82) is 0 Å². The van der Waals surface area contributed by atoms with E-state index in [0.717, 1.165) is 0 Å². The summed E-state index contributed by atoms with van der Waals surface area (Å²) >= 11 is 0. The first-order valence-corrected chi connectivity index (χ1v) is 12.6. The van der Waals surface area contributed by atoms with Gasteiger partial charge in [-0.3, -0.25) is 19.2 Å². The van der Waals surface area contributed by atoms with Crippen molar-refractivity contribution in [3.05, 3.63) is 48.5 Å². The van der Waals surface area contributed by atoms with Crippen LogP contribution in [0, 0.1) is 23.7 Å². The van der Waals surface area contributed by atoms with Gasteiger partial charge in [0, 0.05) is 46.4 Å². The number of amides is 4. The molecule has 0 heterocycles. The van der Waals surface area contributed by atoms with E-state index in [-0.39, 0.29) is 47.3 Å². The lowest BCUT2D eigenvalue weighted by Crippen LogP contribution is -2.32. The smallest absolute Gasteiger partial charge is 0.227 e. The number of hydrogen-bond acceptors (Lipinski definition) is 4. The van der Waals surface area contributed by atoms with Crippen LogP contribution in [-0.2, 0) is 19.2 Å². The maximum absolute atomic E-state index is 12.8. The van der Waals surface area contributed by atoms with E-state index in [1.165, 1.54) is 0 Å². The van der Waals surface area contributed by atoms with Crippen molar-refractivity contribution in [2.75, 3.05) is 21.3 Å². The molecule has 0 unspecified atom stereocenters. The lowest BCUT2D eigenvalue weighted by Gasteiger charge is -2.27. The van der Waals surface area contributed by atoms with E-state index in [0.29, 0.717) is 48.4 Å². The van der Waals surface area contributed by atoms with Gasteiger partial charge in [-0.05, 0) is 62.1 Å². The van der Waals surface area contributed by atoms with E-state index in [1.807, 2.05) is 27.7 Å². The third-order valence-corrected chi connectivity index (χ3v) is 6.31.